The molecule has 0 fully saturated rings. The summed E-state index contributed by atoms with van der Waals surface area (Å²) in [7, 11) is 0. The maximum absolute atomic E-state index is 12.7. The van der Waals surface area contributed by atoms with E-state index in [0.29, 0.717) is 26.0 Å². The zero-order valence-corrected chi connectivity index (χ0v) is 33.4. The summed E-state index contributed by atoms with van der Waals surface area (Å²) in [4.78, 5) is 27.2. The van der Waals surface area contributed by atoms with Gasteiger partial charge in [0.05, 0.1) is 6.61 Å². The number of hydrogen-bond acceptors (Lipinski definition) is 6. The van der Waals surface area contributed by atoms with Crippen molar-refractivity contribution in [3.63, 3.8) is 0 Å². The van der Waals surface area contributed by atoms with Crippen molar-refractivity contribution in [2.75, 3.05) is 32.8 Å². The lowest BCUT2D eigenvalue weighted by Crippen LogP contribution is -2.31. The van der Waals surface area contributed by atoms with Gasteiger partial charge in [0.25, 0.3) is 0 Å². The van der Waals surface area contributed by atoms with E-state index in [-0.39, 0.29) is 18.0 Å². The number of carbonyl (C=O) groups is 2. The van der Waals surface area contributed by atoms with Crippen LogP contribution in [0, 0.1) is 0 Å². The summed E-state index contributed by atoms with van der Waals surface area (Å²) in [6.45, 7) is 11.1. The Labute approximate surface area is 306 Å². The molecule has 0 rings (SSSR count). The van der Waals surface area contributed by atoms with Crippen LogP contribution in [0.3, 0.4) is 0 Å². The Bertz CT molecular complexity index is 673. The minimum absolute atomic E-state index is 0.0212. The molecule has 0 saturated heterocycles. The SMILES string of the molecule is CCCCCCCCCCOC(=O)CCCCCN(CCN)CCCCCCCC(=O)OC(CCCCCCCC)CCCCCCCC. The van der Waals surface area contributed by atoms with Gasteiger partial charge in [0.15, 0.2) is 0 Å². The zero-order chi connectivity index (χ0) is 35.9. The summed E-state index contributed by atoms with van der Waals surface area (Å²) < 4.78 is 11.5. The average molecular weight is 695 g/mol. The first-order chi connectivity index (χ1) is 24.1. The fourth-order valence-electron chi connectivity index (χ4n) is 6.74. The van der Waals surface area contributed by atoms with Crippen LogP contribution in [0.25, 0.3) is 0 Å². The molecular weight excluding hydrogens is 608 g/mol. The summed E-state index contributed by atoms with van der Waals surface area (Å²) in [6.07, 6.45) is 37.5. The normalized spacial score (nSPS) is 11.6. The molecule has 49 heavy (non-hydrogen) atoms. The van der Waals surface area contributed by atoms with Gasteiger partial charge in [-0.2, -0.15) is 0 Å². The molecular formula is C43H86N2O4. The summed E-state index contributed by atoms with van der Waals surface area (Å²) in [5, 5.41) is 0. The van der Waals surface area contributed by atoms with Gasteiger partial charge >= 0.3 is 11.9 Å². The lowest BCUT2D eigenvalue weighted by molar-refractivity contribution is -0.150. The molecule has 0 aromatic rings. The number of carbonyl (C=O) groups excluding carboxylic acids is 2. The molecule has 292 valence electrons. The largest absolute Gasteiger partial charge is 0.466 e. The highest BCUT2D eigenvalue weighted by Gasteiger charge is 2.14. The first-order valence-corrected chi connectivity index (χ1v) is 21.8. The summed E-state index contributed by atoms with van der Waals surface area (Å²) >= 11 is 0. The predicted molar refractivity (Wildman–Crippen MR) is 211 cm³/mol. The van der Waals surface area contributed by atoms with Crippen molar-refractivity contribution in [2.24, 2.45) is 5.73 Å². The molecule has 0 unspecified atom stereocenters. The van der Waals surface area contributed by atoms with E-state index < -0.39 is 0 Å². The van der Waals surface area contributed by atoms with E-state index in [1.54, 1.807) is 0 Å². The zero-order valence-electron chi connectivity index (χ0n) is 33.4. The molecule has 0 radical (unpaired) electrons. The molecule has 0 heterocycles. The van der Waals surface area contributed by atoms with Crippen molar-refractivity contribution in [1.82, 2.24) is 4.90 Å². The fraction of sp³-hybridized carbons (Fsp3) is 0.953. The van der Waals surface area contributed by atoms with E-state index in [2.05, 4.69) is 25.7 Å². The van der Waals surface area contributed by atoms with Crippen LogP contribution in [0.5, 0.6) is 0 Å². The molecule has 0 bridgehead atoms. The van der Waals surface area contributed by atoms with Gasteiger partial charge in [0, 0.05) is 25.9 Å². The molecule has 0 spiro atoms. The lowest BCUT2D eigenvalue weighted by atomic mass is 10.0. The Morgan fingerprint density at radius 3 is 1.35 bits per heavy atom. The van der Waals surface area contributed by atoms with Crippen LogP contribution in [-0.2, 0) is 19.1 Å². The van der Waals surface area contributed by atoms with Crippen LogP contribution in [0.1, 0.15) is 226 Å². The highest BCUT2D eigenvalue weighted by atomic mass is 16.5. The number of rotatable bonds is 40. The molecule has 2 N–H and O–H groups in total. The van der Waals surface area contributed by atoms with Gasteiger partial charge in [-0.1, -0.05) is 156 Å². The van der Waals surface area contributed by atoms with E-state index in [9.17, 15) is 9.59 Å². The molecule has 6 heteroatoms. The maximum Gasteiger partial charge on any atom is 0.306 e. The van der Waals surface area contributed by atoms with Crippen molar-refractivity contribution in [1.29, 1.82) is 0 Å². The number of ether oxygens (including phenoxy) is 2. The van der Waals surface area contributed by atoms with E-state index in [1.165, 1.54) is 141 Å². The predicted octanol–water partition coefficient (Wildman–Crippen LogP) is 12.2. The third-order valence-corrected chi connectivity index (χ3v) is 9.97. The van der Waals surface area contributed by atoms with Crippen LogP contribution < -0.4 is 5.73 Å². The lowest BCUT2D eigenvalue weighted by Gasteiger charge is -2.21. The van der Waals surface area contributed by atoms with Crippen molar-refractivity contribution >= 4 is 11.9 Å². The van der Waals surface area contributed by atoms with Crippen molar-refractivity contribution in [3.05, 3.63) is 0 Å². The van der Waals surface area contributed by atoms with Crippen LogP contribution in [0.2, 0.25) is 0 Å². The highest BCUT2D eigenvalue weighted by molar-refractivity contribution is 5.69. The standard InChI is InChI=1S/C43H86N2O4/c1-4-7-10-13-16-17-23-31-40-48-42(46)34-28-24-30-38-45(39-36-44)37-29-22-18-21-27-35-43(47)49-41(32-25-19-14-11-8-5-2)33-26-20-15-12-9-6-3/h41H,4-40,44H2,1-3H3. The first-order valence-electron chi connectivity index (χ1n) is 21.8. The van der Waals surface area contributed by atoms with Crippen molar-refractivity contribution in [3.8, 4) is 0 Å². The third kappa shape index (κ3) is 36.5. The van der Waals surface area contributed by atoms with Gasteiger partial charge in [0.1, 0.15) is 6.10 Å². The molecule has 0 saturated carbocycles. The second-order valence-corrected chi connectivity index (χ2v) is 14.9. The van der Waals surface area contributed by atoms with Crippen LogP contribution >= 0.6 is 0 Å². The van der Waals surface area contributed by atoms with E-state index in [0.717, 1.165) is 71.0 Å². The third-order valence-electron chi connectivity index (χ3n) is 9.97. The topological polar surface area (TPSA) is 81.9 Å². The highest BCUT2D eigenvalue weighted by Crippen LogP contribution is 2.18. The number of esters is 2. The summed E-state index contributed by atoms with van der Waals surface area (Å²) in [6, 6.07) is 0. The van der Waals surface area contributed by atoms with E-state index >= 15 is 0 Å². The van der Waals surface area contributed by atoms with Crippen molar-refractivity contribution in [2.45, 2.75) is 232 Å². The minimum Gasteiger partial charge on any atom is -0.466 e. The molecule has 0 aliphatic rings. The quantitative estimate of drug-likeness (QED) is 0.0508. The van der Waals surface area contributed by atoms with Crippen LogP contribution in [0.4, 0.5) is 0 Å². The Hall–Kier alpha value is -1.14. The smallest absolute Gasteiger partial charge is 0.306 e. The molecule has 0 amide bonds. The average Bonchev–Trinajstić information content (AvgIpc) is 3.09. The van der Waals surface area contributed by atoms with Gasteiger partial charge in [-0.05, 0) is 70.9 Å². The van der Waals surface area contributed by atoms with Crippen LogP contribution in [-0.4, -0.2) is 55.7 Å². The molecule has 0 aromatic heterocycles. The van der Waals surface area contributed by atoms with Gasteiger partial charge < -0.3 is 20.1 Å². The number of unbranched alkanes of at least 4 members (excludes halogenated alkanes) is 23. The number of nitrogens with two attached hydrogens (primary N) is 1. The van der Waals surface area contributed by atoms with Gasteiger partial charge in [0.2, 0.25) is 0 Å². The second kappa shape index (κ2) is 39.6. The second-order valence-electron chi connectivity index (χ2n) is 14.9. The molecule has 0 atom stereocenters. The first kappa shape index (κ1) is 47.9. The van der Waals surface area contributed by atoms with E-state index in [1.807, 2.05) is 0 Å². The van der Waals surface area contributed by atoms with E-state index in [4.69, 9.17) is 15.2 Å². The molecule has 6 nitrogen and oxygen atoms in total. The summed E-state index contributed by atoms with van der Waals surface area (Å²) in [5.41, 5.74) is 5.89. The molecule has 0 aliphatic carbocycles. The number of nitrogens with zero attached hydrogens (tertiary/aromatic N) is 1. The maximum atomic E-state index is 12.7. The minimum atomic E-state index is -0.0313. The number of hydrogen-bond donors (Lipinski definition) is 1. The van der Waals surface area contributed by atoms with Gasteiger partial charge in [-0.15, -0.1) is 0 Å². The summed E-state index contributed by atoms with van der Waals surface area (Å²) in [5.74, 6) is -0.0102. The Morgan fingerprint density at radius 1 is 0.469 bits per heavy atom. The van der Waals surface area contributed by atoms with Gasteiger partial charge in [-0.3, -0.25) is 9.59 Å². The van der Waals surface area contributed by atoms with Gasteiger partial charge in [-0.25, -0.2) is 0 Å². The Kier molecular flexibility index (Phi) is 38.7. The molecule has 0 aromatic carbocycles. The molecule has 0 aliphatic heterocycles. The fourth-order valence-corrected chi connectivity index (χ4v) is 6.74. The van der Waals surface area contributed by atoms with Crippen LogP contribution in [0.15, 0.2) is 0 Å². The van der Waals surface area contributed by atoms with Crippen molar-refractivity contribution < 1.29 is 19.1 Å². The monoisotopic (exact) mass is 695 g/mol. The Morgan fingerprint density at radius 2 is 0.857 bits per heavy atom. The Balaban J connectivity index is 3.97.